The maximum atomic E-state index is 13.1. The van der Waals surface area contributed by atoms with Crippen LogP contribution in [0.25, 0.3) is 0 Å². The number of nitrogens with zero attached hydrogens (tertiary/aromatic N) is 8. The monoisotopic (exact) mass is 564 g/mol. The summed E-state index contributed by atoms with van der Waals surface area (Å²) in [5.74, 6) is -1.88. The van der Waals surface area contributed by atoms with E-state index in [9.17, 15) is 19.5 Å². The Hall–Kier alpha value is -3.51. The van der Waals surface area contributed by atoms with Crippen molar-refractivity contribution < 1.29 is 24.3 Å². The van der Waals surface area contributed by atoms with E-state index in [4.69, 9.17) is 10.6 Å². The average Bonchev–Trinajstić information content (AvgIpc) is 3.64. The Labute approximate surface area is 221 Å². The number of nitrogen functional groups attached to an aromatic ring is 1. The molecular weight excluding hydrogens is 544 g/mol. The van der Waals surface area contributed by atoms with Crippen molar-refractivity contribution in [1.29, 1.82) is 0 Å². The molecule has 0 bridgehead atoms. The molecule has 2 aromatic rings. The molecule has 0 spiro atoms. The number of allylic oxidation sites excluding steroid dienone is 1. The van der Waals surface area contributed by atoms with E-state index < -0.39 is 29.2 Å². The number of carboxylic acids is 1. The van der Waals surface area contributed by atoms with E-state index in [1.165, 1.54) is 33.1 Å². The minimum Gasteiger partial charge on any atom is -0.477 e. The summed E-state index contributed by atoms with van der Waals surface area (Å²) < 4.78 is 5.51. The van der Waals surface area contributed by atoms with Crippen molar-refractivity contribution in [3.63, 3.8) is 0 Å². The van der Waals surface area contributed by atoms with Gasteiger partial charge in [0, 0.05) is 30.1 Å². The summed E-state index contributed by atoms with van der Waals surface area (Å²) in [6, 6.07) is -0.962. The quantitative estimate of drug-likeness (QED) is 0.117. The molecule has 0 saturated carbocycles. The van der Waals surface area contributed by atoms with Gasteiger partial charge in [-0.15, -0.1) is 16.9 Å². The Bertz CT molecular complexity index is 1340. The Morgan fingerprint density at radius 2 is 2.27 bits per heavy atom. The fourth-order valence-electron chi connectivity index (χ4n) is 3.83. The number of carbonyl (C=O) groups excluding carboxylic acids is 2. The Morgan fingerprint density at radius 3 is 2.92 bits per heavy atom. The number of carbonyl (C=O) groups is 3. The number of aryl methyl sites for hydroxylation is 1. The van der Waals surface area contributed by atoms with Gasteiger partial charge in [0.2, 0.25) is 16.7 Å². The summed E-state index contributed by atoms with van der Waals surface area (Å²) in [4.78, 5) is 48.9. The third-order valence-corrected chi connectivity index (χ3v) is 8.59. The number of fused-ring (bicyclic) bond motifs is 1. The lowest BCUT2D eigenvalue weighted by molar-refractivity contribution is -0.150. The number of aromatic nitrogens is 6. The number of anilines is 1. The van der Waals surface area contributed by atoms with Crippen molar-refractivity contribution in [1.82, 2.24) is 39.8 Å². The summed E-state index contributed by atoms with van der Waals surface area (Å²) in [7, 11) is 1.68. The van der Waals surface area contributed by atoms with Crippen molar-refractivity contribution in [3.05, 3.63) is 29.2 Å². The molecule has 37 heavy (non-hydrogen) atoms. The first-order valence-electron chi connectivity index (χ1n) is 10.9. The van der Waals surface area contributed by atoms with Crippen LogP contribution in [0.3, 0.4) is 0 Å². The number of carboxylic acid groups (broad SMARTS) is 1. The van der Waals surface area contributed by atoms with E-state index >= 15 is 0 Å². The van der Waals surface area contributed by atoms with Crippen molar-refractivity contribution >= 4 is 63.7 Å². The molecule has 2 unspecified atom stereocenters. The van der Waals surface area contributed by atoms with E-state index in [-0.39, 0.29) is 34.2 Å². The predicted octanol–water partition coefficient (Wildman–Crippen LogP) is -0.386. The molecule has 1 aliphatic carbocycles. The highest BCUT2D eigenvalue weighted by atomic mass is 32.2. The van der Waals surface area contributed by atoms with Crippen LogP contribution in [0.4, 0.5) is 5.13 Å². The fraction of sp³-hybridized carbons (Fsp3) is 0.421. The largest absolute Gasteiger partial charge is 0.477 e. The molecule has 2 aromatic heterocycles. The number of amides is 2. The molecule has 4 N–H and O–H groups in total. The third kappa shape index (κ3) is 5.03. The van der Waals surface area contributed by atoms with Crippen LogP contribution < -0.4 is 11.1 Å². The highest BCUT2D eigenvalue weighted by molar-refractivity contribution is 8.01. The molecule has 1 fully saturated rings. The van der Waals surface area contributed by atoms with Crippen LogP contribution in [0.15, 0.2) is 33.7 Å². The highest BCUT2D eigenvalue weighted by Crippen LogP contribution is 2.41. The van der Waals surface area contributed by atoms with Gasteiger partial charge in [-0.2, -0.15) is 9.36 Å². The van der Waals surface area contributed by atoms with Gasteiger partial charge in [0.1, 0.15) is 23.2 Å². The lowest BCUT2D eigenvalue weighted by atomic mass is 10.0. The standard InChI is InChI=1S/C19H20N10O5S3/c1-28-19(23-26-27-28)36-7-8-6-35-16-11(15(31)29(16)12(8)17(32)33)21-14(30)10(13-22-18(20)37-25-13)24-34-9-4-2-3-5-9/h2,4,9,11,16H,3,5-7H2,1H3,(H,21,30)(H,32,33)(H2,20,22,25)/t9?,11?,16-/m0/s1. The lowest BCUT2D eigenvalue weighted by Crippen LogP contribution is -2.71. The fourth-order valence-corrected chi connectivity index (χ4v) is 6.60. The number of β-lactam (4-membered cyclic amide) rings is 1. The Balaban J connectivity index is 1.31. The van der Waals surface area contributed by atoms with E-state index in [1.807, 2.05) is 12.2 Å². The average molecular weight is 565 g/mol. The number of nitrogens with two attached hydrogens (primary N) is 1. The molecule has 1 saturated heterocycles. The second-order valence-corrected chi connectivity index (χ2v) is 10.9. The molecule has 4 heterocycles. The third-order valence-electron chi connectivity index (χ3n) is 5.61. The van der Waals surface area contributed by atoms with Crippen molar-refractivity contribution in [2.45, 2.75) is 35.5 Å². The molecule has 15 nitrogen and oxygen atoms in total. The predicted molar refractivity (Wildman–Crippen MR) is 133 cm³/mol. The smallest absolute Gasteiger partial charge is 0.352 e. The summed E-state index contributed by atoms with van der Waals surface area (Å²) >= 11 is 3.51. The van der Waals surface area contributed by atoms with Crippen LogP contribution in [0.1, 0.15) is 18.7 Å². The number of hydrogen-bond donors (Lipinski definition) is 3. The number of oxime groups is 1. The number of thioether (sulfide) groups is 2. The normalized spacial score (nSPS) is 23.2. The van der Waals surface area contributed by atoms with Crippen LogP contribution in [-0.4, -0.2) is 92.1 Å². The summed E-state index contributed by atoms with van der Waals surface area (Å²) in [6.07, 6.45) is 5.06. The molecule has 0 aromatic carbocycles. The van der Waals surface area contributed by atoms with Gasteiger partial charge < -0.3 is 21.0 Å². The highest BCUT2D eigenvalue weighted by Gasteiger charge is 2.54. The molecule has 2 aliphatic heterocycles. The van der Waals surface area contributed by atoms with Crippen molar-refractivity contribution in [3.8, 4) is 0 Å². The summed E-state index contributed by atoms with van der Waals surface area (Å²) in [5.41, 5.74) is 5.91. The number of hydrogen-bond acceptors (Lipinski definition) is 14. The van der Waals surface area contributed by atoms with Crippen LogP contribution in [0, 0.1) is 0 Å². The van der Waals surface area contributed by atoms with Crippen molar-refractivity contribution in [2.75, 3.05) is 17.2 Å². The van der Waals surface area contributed by atoms with Gasteiger partial charge in [-0.1, -0.05) is 23.0 Å². The SMILES string of the molecule is Cn1nnnc1SCC1=C(C(=O)O)N2C(=O)C(NC(=O)C(=NOC3C=CCC3)c3nsc(N)n3)[C@@H]2SC1. The zero-order valence-electron chi connectivity index (χ0n) is 19.2. The van der Waals surface area contributed by atoms with E-state index in [0.717, 1.165) is 24.4 Å². The molecule has 2 amide bonds. The van der Waals surface area contributed by atoms with E-state index in [2.05, 4.69) is 35.4 Å². The summed E-state index contributed by atoms with van der Waals surface area (Å²) in [6.45, 7) is 0. The minimum atomic E-state index is -1.22. The number of tetrazole rings is 1. The van der Waals surface area contributed by atoms with Crippen LogP contribution in [-0.2, 0) is 26.3 Å². The number of nitrogens with one attached hydrogen (secondary N) is 1. The Morgan fingerprint density at radius 1 is 1.43 bits per heavy atom. The van der Waals surface area contributed by atoms with Gasteiger partial charge in [0.15, 0.2) is 5.13 Å². The van der Waals surface area contributed by atoms with Crippen LogP contribution in [0.5, 0.6) is 0 Å². The van der Waals surface area contributed by atoms with Crippen molar-refractivity contribution in [2.24, 2.45) is 12.2 Å². The number of aliphatic carboxylic acids is 1. The second-order valence-electron chi connectivity index (χ2n) is 8.04. The molecule has 0 radical (unpaired) electrons. The second kappa shape index (κ2) is 10.5. The first-order chi connectivity index (χ1) is 17.8. The van der Waals surface area contributed by atoms with Gasteiger partial charge in [-0.05, 0) is 34.9 Å². The van der Waals surface area contributed by atoms with Crippen LogP contribution >= 0.6 is 35.1 Å². The maximum Gasteiger partial charge on any atom is 0.352 e. The van der Waals surface area contributed by atoms with Gasteiger partial charge in [-0.3, -0.25) is 14.5 Å². The molecule has 18 heteroatoms. The van der Waals surface area contributed by atoms with E-state index in [0.29, 0.717) is 16.5 Å². The first kappa shape index (κ1) is 25.2. The zero-order chi connectivity index (χ0) is 26.1. The van der Waals surface area contributed by atoms with E-state index in [1.54, 1.807) is 7.05 Å². The van der Waals surface area contributed by atoms with Gasteiger partial charge in [0.25, 0.3) is 11.8 Å². The topological polar surface area (TPSA) is 204 Å². The maximum absolute atomic E-state index is 13.1. The minimum absolute atomic E-state index is 0.0226. The Kier molecular flexibility index (Phi) is 7.11. The molecule has 3 atom stereocenters. The van der Waals surface area contributed by atoms with Gasteiger partial charge in [0.05, 0.1) is 0 Å². The summed E-state index contributed by atoms with van der Waals surface area (Å²) in [5, 5.41) is 27.7. The number of rotatable bonds is 9. The van der Waals surface area contributed by atoms with Crippen LogP contribution in [0.2, 0.25) is 0 Å². The molecular formula is C19H20N10O5S3. The van der Waals surface area contributed by atoms with Gasteiger partial charge in [-0.25, -0.2) is 9.48 Å². The molecule has 3 aliphatic rings. The zero-order valence-corrected chi connectivity index (χ0v) is 21.6. The first-order valence-corrected chi connectivity index (χ1v) is 13.7. The van der Waals surface area contributed by atoms with Gasteiger partial charge >= 0.3 is 5.97 Å². The molecule has 5 rings (SSSR count). The lowest BCUT2D eigenvalue weighted by Gasteiger charge is -2.49. The molecule has 194 valence electrons.